The van der Waals surface area contributed by atoms with Crippen molar-refractivity contribution < 1.29 is 17.9 Å². The van der Waals surface area contributed by atoms with Gasteiger partial charge in [-0.25, -0.2) is 12.7 Å². The zero-order chi connectivity index (χ0) is 18.3. The van der Waals surface area contributed by atoms with Crippen LogP contribution in [0.4, 0.5) is 0 Å². The summed E-state index contributed by atoms with van der Waals surface area (Å²) in [4.78, 5) is 12.4. The third-order valence-electron chi connectivity index (χ3n) is 4.62. The van der Waals surface area contributed by atoms with Gasteiger partial charge in [0, 0.05) is 31.1 Å². The number of carbonyl (C=O) groups excluding carboxylic acids is 1. The number of rotatable bonds is 8. The van der Waals surface area contributed by atoms with Gasteiger partial charge in [-0.1, -0.05) is 31.5 Å². The van der Waals surface area contributed by atoms with Crippen LogP contribution in [0.25, 0.3) is 0 Å². The summed E-state index contributed by atoms with van der Waals surface area (Å²) >= 11 is 0. The van der Waals surface area contributed by atoms with Gasteiger partial charge < -0.3 is 10.1 Å². The van der Waals surface area contributed by atoms with Crippen molar-refractivity contribution in [3.8, 4) is 5.75 Å². The van der Waals surface area contributed by atoms with Gasteiger partial charge in [0.2, 0.25) is 15.9 Å². The van der Waals surface area contributed by atoms with E-state index in [1.165, 1.54) is 4.31 Å². The van der Waals surface area contributed by atoms with Gasteiger partial charge in [-0.2, -0.15) is 0 Å². The molecule has 0 aromatic heterocycles. The Morgan fingerprint density at radius 3 is 2.60 bits per heavy atom. The topological polar surface area (TPSA) is 75.7 Å². The third-order valence-corrected chi connectivity index (χ3v) is 6.58. The van der Waals surface area contributed by atoms with E-state index >= 15 is 0 Å². The number of amides is 1. The Morgan fingerprint density at radius 1 is 1.28 bits per heavy atom. The van der Waals surface area contributed by atoms with E-state index in [0.717, 1.165) is 17.7 Å². The number of benzene rings is 1. The molecule has 1 aliphatic heterocycles. The highest BCUT2D eigenvalue weighted by Crippen LogP contribution is 2.21. The van der Waals surface area contributed by atoms with Gasteiger partial charge in [0.25, 0.3) is 0 Å². The Balaban J connectivity index is 1.83. The molecule has 0 radical (unpaired) electrons. The number of carbonyl (C=O) groups is 1. The molecular formula is C18H28N2O4S. The van der Waals surface area contributed by atoms with Crippen LogP contribution < -0.4 is 10.1 Å². The fourth-order valence-corrected chi connectivity index (χ4v) is 4.71. The van der Waals surface area contributed by atoms with Crippen molar-refractivity contribution in [2.45, 2.75) is 39.2 Å². The molecule has 1 aromatic rings. The van der Waals surface area contributed by atoms with Gasteiger partial charge in [0.15, 0.2) is 0 Å². The Kier molecular flexibility index (Phi) is 7.25. The maximum Gasteiger partial charge on any atom is 0.223 e. The number of ether oxygens (including phenoxy) is 1. The van der Waals surface area contributed by atoms with E-state index in [1.807, 2.05) is 31.2 Å². The minimum absolute atomic E-state index is 0.0171. The van der Waals surface area contributed by atoms with Gasteiger partial charge in [0.05, 0.1) is 12.9 Å². The zero-order valence-electron chi connectivity index (χ0n) is 15.0. The van der Waals surface area contributed by atoms with Crippen LogP contribution in [0.5, 0.6) is 5.75 Å². The van der Waals surface area contributed by atoms with Gasteiger partial charge in [0.1, 0.15) is 5.75 Å². The minimum Gasteiger partial charge on any atom is -0.496 e. The zero-order valence-corrected chi connectivity index (χ0v) is 15.8. The highest BCUT2D eigenvalue weighted by atomic mass is 32.2. The van der Waals surface area contributed by atoms with Crippen LogP contribution in [-0.2, 0) is 21.4 Å². The quantitative estimate of drug-likeness (QED) is 0.763. The van der Waals surface area contributed by atoms with Crippen LogP contribution in [-0.4, -0.2) is 44.6 Å². The molecule has 1 amide bonds. The molecule has 0 bridgehead atoms. The first kappa shape index (κ1) is 19.7. The van der Waals surface area contributed by atoms with Gasteiger partial charge in [-0.15, -0.1) is 0 Å². The lowest BCUT2D eigenvalue weighted by Gasteiger charge is -2.30. The molecule has 1 aromatic carbocycles. The second-order valence-corrected chi connectivity index (χ2v) is 8.46. The van der Waals surface area contributed by atoms with Crippen molar-refractivity contribution in [1.29, 1.82) is 0 Å². The van der Waals surface area contributed by atoms with E-state index in [-0.39, 0.29) is 17.6 Å². The summed E-state index contributed by atoms with van der Waals surface area (Å²) in [6.45, 7) is 3.25. The van der Waals surface area contributed by atoms with E-state index in [9.17, 15) is 13.2 Å². The monoisotopic (exact) mass is 368 g/mol. The van der Waals surface area contributed by atoms with Gasteiger partial charge in [-0.05, 0) is 25.3 Å². The van der Waals surface area contributed by atoms with Crippen molar-refractivity contribution in [2.24, 2.45) is 5.92 Å². The van der Waals surface area contributed by atoms with Crippen LogP contribution in [0.1, 0.15) is 38.2 Å². The number of hydrogen-bond acceptors (Lipinski definition) is 4. The lowest BCUT2D eigenvalue weighted by molar-refractivity contribution is -0.126. The second kappa shape index (κ2) is 9.20. The van der Waals surface area contributed by atoms with E-state index in [4.69, 9.17) is 4.74 Å². The molecule has 1 aliphatic rings. The van der Waals surface area contributed by atoms with Crippen molar-refractivity contribution in [2.75, 3.05) is 26.0 Å². The predicted molar refractivity (Wildman–Crippen MR) is 97.8 cm³/mol. The first-order chi connectivity index (χ1) is 12.0. The highest BCUT2D eigenvalue weighted by Gasteiger charge is 2.30. The summed E-state index contributed by atoms with van der Waals surface area (Å²) in [5.74, 6) is 0.803. The molecule has 6 nitrogen and oxygen atoms in total. The van der Waals surface area contributed by atoms with Crippen LogP contribution in [0.2, 0.25) is 0 Å². The molecular weight excluding hydrogens is 340 g/mol. The lowest BCUT2D eigenvalue weighted by Crippen LogP contribution is -2.43. The maximum absolute atomic E-state index is 12.4. The van der Waals surface area contributed by atoms with Crippen LogP contribution in [0, 0.1) is 5.92 Å². The molecule has 1 fully saturated rings. The molecule has 0 spiro atoms. The summed E-state index contributed by atoms with van der Waals surface area (Å²) in [7, 11) is -1.57. The molecule has 0 unspecified atom stereocenters. The van der Waals surface area contributed by atoms with Crippen molar-refractivity contribution >= 4 is 15.9 Å². The molecule has 1 heterocycles. The molecule has 1 saturated heterocycles. The van der Waals surface area contributed by atoms with Crippen LogP contribution in [0.3, 0.4) is 0 Å². The summed E-state index contributed by atoms with van der Waals surface area (Å²) in [6.07, 6.45) is 2.69. The number of unbranched alkanes of at least 4 members (excludes halogenated alkanes) is 1. The summed E-state index contributed by atoms with van der Waals surface area (Å²) < 4.78 is 31.2. The van der Waals surface area contributed by atoms with E-state index in [0.29, 0.717) is 38.9 Å². The number of piperidine rings is 1. The Hall–Kier alpha value is -1.60. The summed E-state index contributed by atoms with van der Waals surface area (Å²) in [5.41, 5.74) is 0.929. The predicted octanol–water partition coefficient (Wildman–Crippen LogP) is 2.15. The molecule has 7 heteroatoms. The van der Waals surface area contributed by atoms with Gasteiger partial charge >= 0.3 is 0 Å². The average Bonchev–Trinajstić information content (AvgIpc) is 2.64. The van der Waals surface area contributed by atoms with Crippen molar-refractivity contribution in [3.63, 3.8) is 0 Å². The minimum atomic E-state index is -3.17. The number of methoxy groups -OCH3 is 1. The van der Waals surface area contributed by atoms with Crippen molar-refractivity contribution in [3.05, 3.63) is 29.8 Å². The SMILES string of the molecule is CCCCS(=O)(=O)N1CCC(C(=O)NCc2ccccc2OC)CC1. The molecule has 25 heavy (non-hydrogen) atoms. The summed E-state index contributed by atoms with van der Waals surface area (Å²) in [5, 5.41) is 2.94. The van der Waals surface area contributed by atoms with E-state index < -0.39 is 10.0 Å². The summed E-state index contributed by atoms with van der Waals surface area (Å²) in [6, 6.07) is 7.58. The third kappa shape index (κ3) is 5.44. The standard InChI is InChI=1S/C18H28N2O4S/c1-3-4-13-25(22,23)20-11-9-15(10-12-20)18(21)19-14-16-7-5-6-8-17(16)24-2/h5-8,15H,3-4,9-14H2,1-2H3,(H,19,21). The largest absolute Gasteiger partial charge is 0.496 e. The Morgan fingerprint density at radius 2 is 1.96 bits per heavy atom. The smallest absolute Gasteiger partial charge is 0.223 e. The Labute approximate surface area is 150 Å². The van der Waals surface area contributed by atoms with Crippen LogP contribution >= 0.6 is 0 Å². The molecule has 2 rings (SSSR count). The number of nitrogens with zero attached hydrogens (tertiary/aromatic N) is 1. The number of hydrogen-bond donors (Lipinski definition) is 1. The number of para-hydroxylation sites is 1. The fraction of sp³-hybridized carbons (Fsp3) is 0.611. The normalized spacial score (nSPS) is 16.6. The molecule has 0 saturated carbocycles. The second-order valence-electron chi connectivity index (χ2n) is 6.37. The van der Waals surface area contributed by atoms with E-state index in [2.05, 4.69) is 5.32 Å². The first-order valence-corrected chi connectivity index (χ1v) is 10.5. The van der Waals surface area contributed by atoms with E-state index in [1.54, 1.807) is 7.11 Å². The molecule has 0 aliphatic carbocycles. The maximum atomic E-state index is 12.4. The van der Waals surface area contributed by atoms with Crippen molar-refractivity contribution in [1.82, 2.24) is 9.62 Å². The lowest BCUT2D eigenvalue weighted by atomic mass is 9.97. The number of sulfonamides is 1. The average molecular weight is 368 g/mol. The number of nitrogens with one attached hydrogen (secondary N) is 1. The van der Waals surface area contributed by atoms with Gasteiger partial charge in [-0.3, -0.25) is 4.79 Å². The van der Waals surface area contributed by atoms with Crippen LogP contribution in [0.15, 0.2) is 24.3 Å². The molecule has 0 atom stereocenters. The molecule has 1 N–H and O–H groups in total. The Bertz CT molecular complexity index is 667. The first-order valence-electron chi connectivity index (χ1n) is 8.85. The molecule has 140 valence electrons. The highest BCUT2D eigenvalue weighted by molar-refractivity contribution is 7.89. The fourth-order valence-electron chi connectivity index (χ4n) is 3.03.